The van der Waals surface area contributed by atoms with Gasteiger partial charge in [-0.1, -0.05) is 72.9 Å². The maximum atomic E-state index is 11.7. The Balaban J connectivity index is 0.000000782. The van der Waals surface area contributed by atoms with E-state index in [0.29, 0.717) is 17.9 Å². The van der Waals surface area contributed by atoms with Crippen LogP contribution in [0.5, 0.6) is 17.2 Å². The van der Waals surface area contributed by atoms with E-state index in [4.69, 9.17) is 14.2 Å². The first-order valence-electron chi connectivity index (χ1n) is 13.3. The van der Waals surface area contributed by atoms with Gasteiger partial charge in [0.2, 0.25) is 0 Å². The number of hydrogen-bond donors (Lipinski definition) is 1. The van der Waals surface area contributed by atoms with Crippen molar-refractivity contribution in [3.63, 3.8) is 0 Å². The van der Waals surface area contributed by atoms with Crippen LogP contribution in [-0.2, 0) is 25.7 Å². The topological polar surface area (TPSA) is 91.3 Å². The zero-order chi connectivity index (χ0) is 30.7. The van der Waals surface area contributed by atoms with Crippen molar-refractivity contribution in [2.45, 2.75) is 27.4 Å². The number of phenols is 1. The molecule has 3 aromatic rings. The van der Waals surface area contributed by atoms with E-state index < -0.39 is 5.97 Å². The third-order valence-electron chi connectivity index (χ3n) is 5.42. The van der Waals surface area contributed by atoms with E-state index in [0.717, 1.165) is 28.0 Å². The number of carbonyl (C=O) groups is 2. The first kappa shape index (κ1) is 33.2. The van der Waals surface area contributed by atoms with Crippen molar-refractivity contribution in [2.24, 2.45) is 0 Å². The Morgan fingerprint density at radius 2 is 1.31 bits per heavy atom. The normalized spacial score (nSPS) is 10.4. The fourth-order valence-corrected chi connectivity index (χ4v) is 3.10. The summed E-state index contributed by atoms with van der Waals surface area (Å²) >= 11 is 0. The van der Waals surface area contributed by atoms with E-state index in [9.17, 15) is 14.7 Å². The molecule has 3 rings (SSSR count). The van der Waals surface area contributed by atoms with E-state index in [1.807, 2.05) is 105 Å². The molecule has 0 amide bonds. The molecule has 7 nitrogen and oxygen atoms in total. The predicted molar refractivity (Wildman–Crippen MR) is 166 cm³/mol. The van der Waals surface area contributed by atoms with Gasteiger partial charge in [0.15, 0.2) is 6.61 Å². The zero-order valence-corrected chi connectivity index (χ0v) is 24.5. The number of hydrogen-bond acceptors (Lipinski definition) is 7. The summed E-state index contributed by atoms with van der Waals surface area (Å²) < 4.78 is 20.7. The highest BCUT2D eigenvalue weighted by Crippen LogP contribution is 2.17. The van der Waals surface area contributed by atoms with Crippen LogP contribution in [0, 0.1) is 0 Å². The summed E-state index contributed by atoms with van der Waals surface area (Å²) in [5, 5.41) is 9.31. The standard InChI is InChI=1S/C30H30O5.C5H8O2/c1-23(2)19-20-33-30(32)22-35-29-17-11-26(12-18-29)21-34-28-15-9-25(10-16-28)6-4-3-5-24-7-13-27(31)14-8-24;1-4(2)5(6)7-3/h3-19,31H,20-22H2,1-2H3;1H2,2-3H3. The maximum absolute atomic E-state index is 11.7. The van der Waals surface area contributed by atoms with Crippen LogP contribution in [0.15, 0.2) is 109 Å². The van der Waals surface area contributed by atoms with Crippen molar-refractivity contribution in [1.29, 1.82) is 0 Å². The molecule has 0 fully saturated rings. The average molecular weight is 571 g/mol. The molecule has 0 heterocycles. The van der Waals surface area contributed by atoms with Gasteiger partial charge in [-0.3, -0.25) is 0 Å². The Hall–Kier alpha value is -5.04. The fourth-order valence-electron chi connectivity index (χ4n) is 3.10. The van der Waals surface area contributed by atoms with Gasteiger partial charge < -0.3 is 24.1 Å². The molecule has 0 unspecified atom stereocenters. The lowest BCUT2D eigenvalue weighted by molar-refractivity contribution is -0.144. The number of rotatable bonds is 12. The van der Waals surface area contributed by atoms with Gasteiger partial charge in [0.1, 0.15) is 30.5 Å². The molecule has 7 heteroatoms. The maximum Gasteiger partial charge on any atom is 0.344 e. The van der Waals surface area contributed by atoms with Crippen LogP contribution in [0.3, 0.4) is 0 Å². The van der Waals surface area contributed by atoms with Gasteiger partial charge in [0.25, 0.3) is 0 Å². The molecule has 0 saturated heterocycles. The average Bonchev–Trinajstić information content (AvgIpc) is 2.99. The summed E-state index contributed by atoms with van der Waals surface area (Å²) in [5.41, 5.74) is 4.61. The molecular weight excluding hydrogens is 532 g/mol. The smallest absolute Gasteiger partial charge is 0.344 e. The lowest BCUT2D eigenvalue weighted by Gasteiger charge is -2.09. The summed E-state index contributed by atoms with van der Waals surface area (Å²) in [6.45, 7) is 9.41. The molecule has 0 saturated carbocycles. The van der Waals surface area contributed by atoms with Gasteiger partial charge in [-0.15, -0.1) is 0 Å². The monoisotopic (exact) mass is 570 g/mol. The third kappa shape index (κ3) is 13.8. The lowest BCUT2D eigenvalue weighted by atomic mass is 10.1. The molecule has 0 bridgehead atoms. The molecule has 220 valence electrons. The molecule has 1 N–H and O–H groups in total. The quantitative estimate of drug-likeness (QED) is 0.106. The van der Waals surface area contributed by atoms with Crippen LogP contribution < -0.4 is 9.47 Å². The van der Waals surface area contributed by atoms with Crippen molar-refractivity contribution in [2.75, 3.05) is 20.3 Å². The van der Waals surface area contributed by atoms with Crippen LogP contribution in [0.1, 0.15) is 37.5 Å². The van der Waals surface area contributed by atoms with Crippen molar-refractivity contribution in [3.05, 3.63) is 125 Å². The van der Waals surface area contributed by atoms with Gasteiger partial charge in [0, 0.05) is 5.57 Å². The van der Waals surface area contributed by atoms with Gasteiger partial charge in [-0.25, -0.2) is 9.59 Å². The Labute approximate surface area is 248 Å². The first-order chi connectivity index (χ1) is 20.2. The van der Waals surface area contributed by atoms with Gasteiger partial charge >= 0.3 is 11.9 Å². The molecule has 0 aliphatic heterocycles. The minimum Gasteiger partial charge on any atom is -0.508 e. The lowest BCUT2D eigenvalue weighted by Crippen LogP contribution is -2.15. The molecule has 0 aromatic heterocycles. The SMILES string of the molecule is C=C(C)C(=O)OC.CC(C)=CCOC(=O)COc1ccc(COc2ccc(C=CC=Cc3ccc(O)cc3)cc2)cc1. The highest BCUT2D eigenvalue weighted by Gasteiger charge is 2.04. The second-order valence-corrected chi connectivity index (χ2v) is 9.34. The molecular formula is C35H38O7. The van der Waals surface area contributed by atoms with Gasteiger partial charge in [0.05, 0.1) is 7.11 Å². The zero-order valence-electron chi connectivity index (χ0n) is 24.5. The van der Waals surface area contributed by atoms with Crippen LogP contribution in [0.2, 0.25) is 0 Å². The Kier molecular flexibility index (Phi) is 14.5. The summed E-state index contributed by atoms with van der Waals surface area (Å²) in [6.07, 6.45) is 9.75. The Morgan fingerprint density at radius 1 is 0.786 bits per heavy atom. The van der Waals surface area contributed by atoms with Crippen LogP contribution >= 0.6 is 0 Å². The number of phenolic OH excluding ortho intramolecular Hbond substituents is 1. The molecule has 0 atom stereocenters. The number of allylic oxidation sites excluding steroid dienone is 3. The van der Waals surface area contributed by atoms with Gasteiger partial charge in [-0.05, 0) is 79.9 Å². The van der Waals surface area contributed by atoms with E-state index >= 15 is 0 Å². The van der Waals surface area contributed by atoms with Crippen LogP contribution in [0.4, 0.5) is 0 Å². The summed E-state index contributed by atoms with van der Waals surface area (Å²) in [6, 6.07) is 22.3. The van der Waals surface area contributed by atoms with Crippen LogP contribution in [0.25, 0.3) is 12.2 Å². The van der Waals surface area contributed by atoms with Crippen LogP contribution in [-0.4, -0.2) is 37.4 Å². The Bertz CT molecular complexity index is 1360. The van der Waals surface area contributed by atoms with E-state index in [2.05, 4.69) is 11.3 Å². The summed E-state index contributed by atoms with van der Waals surface area (Å²) in [5.74, 6) is 0.891. The minimum atomic E-state index is -0.401. The largest absolute Gasteiger partial charge is 0.508 e. The molecule has 42 heavy (non-hydrogen) atoms. The number of carbonyl (C=O) groups excluding carboxylic acids is 2. The molecule has 3 aromatic carbocycles. The van der Waals surface area contributed by atoms with E-state index in [1.54, 1.807) is 19.1 Å². The summed E-state index contributed by atoms with van der Waals surface area (Å²) in [4.78, 5) is 21.9. The molecule has 0 spiro atoms. The molecule has 0 radical (unpaired) electrons. The third-order valence-corrected chi connectivity index (χ3v) is 5.42. The number of methoxy groups -OCH3 is 1. The second-order valence-electron chi connectivity index (χ2n) is 9.34. The minimum absolute atomic E-state index is 0.125. The molecule has 0 aliphatic carbocycles. The Morgan fingerprint density at radius 3 is 1.81 bits per heavy atom. The first-order valence-corrected chi connectivity index (χ1v) is 13.3. The predicted octanol–water partition coefficient (Wildman–Crippen LogP) is 7.32. The fraction of sp³-hybridized carbons (Fsp3) is 0.200. The van der Waals surface area contributed by atoms with Crippen molar-refractivity contribution in [3.8, 4) is 17.2 Å². The number of benzene rings is 3. The van der Waals surface area contributed by atoms with Crippen molar-refractivity contribution < 1.29 is 33.6 Å². The highest BCUT2D eigenvalue weighted by molar-refractivity contribution is 5.86. The number of aromatic hydroxyl groups is 1. The molecule has 0 aliphatic rings. The van der Waals surface area contributed by atoms with E-state index in [1.165, 1.54) is 7.11 Å². The number of ether oxygens (including phenoxy) is 4. The second kappa shape index (κ2) is 18.3. The highest BCUT2D eigenvalue weighted by atomic mass is 16.6. The van der Waals surface area contributed by atoms with Crippen molar-refractivity contribution >= 4 is 24.1 Å². The van der Waals surface area contributed by atoms with Gasteiger partial charge in [-0.2, -0.15) is 0 Å². The van der Waals surface area contributed by atoms with Crippen molar-refractivity contribution in [1.82, 2.24) is 0 Å². The summed E-state index contributed by atoms with van der Waals surface area (Å²) in [7, 11) is 1.33. The number of esters is 2. The van der Waals surface area contributed by atoms with E-state index in [-0.39, 0.29) is 24.9 Å².